The maximum Gasteiger partial charge on any atom is 0.338 e. The van der Waals surface area contributed by atoms with Crippen LogP contribution in [0, 0.1) is 0 Å². The van der Waals surface area contributed by atoms with Crippen molar-refractivity contribution in [2.45, 2.75) is 6.92 Å². The van der Waals surface area contributed by atoms with Crippen LogP contribution in [0.3, 0.4) is 0 Å². The normalized spacial score (nSPS) is 11.1. The fourth-order valence-corrected chi connectivity index (χ4v) is 2.98. The predicted molar refractivity (Wildman–Crippen MR) is 96.7 cm³/mol. The van der Waals surface area contributed by atoms with Crippen molar-refractivity contribution in [3.63, 3.8) is 0 Å². The van der Waals surface area contributed by atoms with Crippen LogP contribution in [-0.4, -0.2) is 27.7 Å². The molecular formula is C20H16N2O3. The van der Waals surface area contributed by atoms with Crippen LogP contribution in [0.4, 0.5) is 0 Å². The van der Waals surface area contributed by atoms with Crippen molar-refractivity contribution in [1.29, 1.82) is 0 Å². The number of aromatic hydroxyl groups is 1. The fraction of sp³-hybridized carbons (Fsp3) is 0.100. The number of aromatic nitrogens is 2. The number of hydrogen-bond donors (Lipinski definition) is 2. The zero-order chi connectivity index (χ0) is 17.4. The van der Waals surface area contributed by atoms with Crippen LogP contribution < -0.4 is 0 Å². The van der Waals surface area contributed by atoms with E-state index < -0.39 is 0 Å². The van der Waals surface area contributed by atoms with E-state index in [-0.39, 0.29) is 11.8 Å². The van der Waals surface area contributed by atoms with Gasteiger partial charge in [0.05, 0.1) is 28.9 Å². The van der Waals surface area contributed by atoms with Gasteiger partial charge in [0.1, 0.15) is 0 Å². The maximum absolute atomic E-state index is 11.9. The first-order chi connectivity index (χ1) is 12.2. The van der Waals surface area contributed by atoms with E-state index >= 15 is 0 Å². The molecule has 0 fully saturated rings. The first-order valence-electron chi connectivity index (χ1n) is 8.05. The second-order valence-corrected chi connectivity index (χ2v) is 5.72. The summed E-state index contributed by atoms with van der Waals surface area (Å²) in [4.78, 5) is 19.5. The zero-order valence-corrected chi connectivity index (χ0v) is 13.6. The first-order valence-corrected chi connectivity index (χ1v) is 8.05. The van der Waals surface area contributed by atoms with E-state index in [4.69, 9.17) is 4.74 Å². The van der Waals surface area contributed by atoms with E-state index in [0.717, 1.165) is 16.3 Å². The fourth-order valence-electron chi connectivity index (χ4n) is 2.98. The number of carbonyl (C=O) groups excluding carboxylic acids is 1. The summed E-state index contributed by atoms with van der Waals surface area (Å²) in [6.45, 7) is 2.10. The molecule has 0 bridgehead atoms. The third-order valence-corrected chi connectivity index (χ3v) is 4.15. The molecule has 0 spiro atoms. The van der Waals surface area contributed by atoms with Gasteiger partial charge < -0.3 is 14.8 Å². The number of carbonyl (C=O) groups is 1. The number of pyridine rings is 1. The van der Waals surface area contributed by atoms with Crippen LogP contribution in [-0.2, 0) is 4.74 Å². The number of H-pyrrole nitrogens is 1. The molecule has 0 saturated carbocycles. The molecule has 0 aliphatic carbocycles. The lowest BCUT2D eigenvalue weighted by Gasteiger charge is -2.06. The van der Waals surface area contributed by atoms with Crippen molar-refractivity contribution >= 4 is 27.8 Å². The van der Waals surface area contributed by atoms with Crippen LogP contribution in [0.15, 0.2) is 54.6 Å². The van der Waals surface area contributed by atoms with Gasteiger partial charge in [0, 0.05) is 16.3 Å². The van der Waals surface area contributed by atoms with Crippen LogP contribution in [0.25, 0.3) is 33.1 Å². The summed E-state index contributed by atoms with van der Waals surface area (Å²) in [6.07, 6.45) is 0. The number of fused-ring (bicyclic) bond motifs is 2. The Kier molecular flexibility index (Phi) is 3.61. The summed E-state index contributed by atoms with van der Waals surface area (Å²) < 4.78 is 5.04. The number of ether oxygens (including phenoxy) is 1. The van der Waals surface area contributed by atoms with Crippen LogP contribution in [0.2, 0.25) is 0 Å². The molecule has 0 aliphatic rings. The molecule has 0 amide bonds. The number of nitrogens with zero attached hydrogens (tertiary/aromatic N) is 1. The average molecular weight is 332 g/mol. The number of benzene rings is 2. The number of rotatable bonds is 3. The molecule has 0 unspecified atom stereocenters. The number of hydrogen-bond acceptors (Lipinski definition) is 4. The Morgan fingerprint density at radius 1 is 1.16 bits per heavy atom. The Morgan fingerprint density at radius 2 is 1.96 bits per heavy atom. The van der Waals surface area contributed by atoms with E-state index in [2.05, 4.69) is 9.97 Å². The van der Waals surface area contributed by atoms with Gasteiger partial charge in [-0.1, -0.05) is 30.3 Å². The Labute approximate surface area is 143 Å². The summed E-state index contributed by atoms with van der Waals surface area (Å²) >= 11 is 0. The van der Waals surface area contributed by atoms with Gasteiger partial charge in [-0.15, -0.1) is 0 Å². The lowest BCUT2D eigenvalue weighted by molar-refractivity contribution is 0.0526. The van der Waals surface area contributed by atoms with Crippen molar-refractivity contribution in [2.24, 2.45) is 0 Å². The average Bonchev–Trinajstić information content (AvgIpc) is 2.96. The van der Waals surface area contributed by atoms with Gasteiger partial charge in [-0.05, 0) is 31.2 Å². The second-order valence-electron chi connectivity index (χ2n) is 5.72. The Morgan fingerprint density at radius 3 is 2.80 bits per heavy atom. The van der Waals surface area contributed by atoms with Crippen LogP contribution >= 0.6 is 0 Å². The summed E-state index contributed by atoms with van der Waals surface area (Å²) in [5.74, 6) is -0.291. The van der Waals surface area contributed by atoms with Crippen molar-refractivity contribution in [1.82, 2.24) is 9.97 Å². The van der Waals surface area contributed by atoms with E-state index in [9.17, 15) is 9.90 Å². The highest BCUT2D eigenvalue weighted by Crippen LogP contribution is 2.36. The smallest absolute Gasteiger partial charge is 0.338 e. The summed E-state index contributed by atoms with van der Waals surface area (Å²) in [7, 11) is 0. The third-order valence-electron chi connectivity index (χ3n) is 4.15. The highest BCUT2D eigenvalue weighted by molar-refractivity contribution is 6.00. The minimum Gasteiger partial charge on any atom is -0.494 e. The van der Waals surface area contributed by atoms with Gasteiger partial charge in [-0.3, -0.25) is 0 Å². The molecule has 124 valence electrons. The molecule has 5 heteroatoms. The minimum absolute atomic E-state index is 0.0783. The van der Waals surface area contributed by atoms with Crippen molar-refractivity contribution in [3.05, 3.63) is 60.2 Å². The molecule has 4 aromatic rings. The monoisotopic (exact) mass is 332 g/mol. The molecule has 2 heterocycles. The Bertz CT molecular complexity index is 1100. The molecule has 25 heavy (non-hydrogen) atoms. The lowest BCUT2D eigenvalue weighted by atomic mass is 10.1. The van der Waals surface area contributed by atoms with Crippen molar-refractivity contribution < 1.29 is 14.6 Å². The second kappa shape index (κ2) is 5.94. The van der Waals surface area contributed by atoms with E-state index in [1.165, 1.54) is 0 Å². The minimum atomic E-state index is -0.369. The molecule has 0 radical (unpaired) electrons. The SMILES string of the molecule is CCOC(=O)c1ccc2ccc(-c3c(O)[nH]c4ccccc34)nc2c1. The van der Waals surface area contributed by atoms with E-state index in [1.54, 1.807) is 19.1 Å². The molecule has 2 N–H and O–H groups in total. The van der Waals surface area contributed by atoms with Gasteiger partial charge in [-0.25, -0.2) is 9.78 Å². The highest BCUT2D eigenvalue weighted by Gasteiger charge is 2.15. The number of esters is 1. The summed E-state index contributed by atoms with van der Waals surface area (Å²) in [5.41, 5.74) is 3.27. The summed E-state index contributed by atoms with van der Waals surface area (Å²) in [5, 5.41) is 12.1. The lowest BCUT2D eigenvalue weighted by Crippen LogP contribution is -2.04. The largest absolute Gasteiger partial charge is 0.494 e. The van der Waals surface area contributed by atoms with Gasteiger partial charge in [-0.2, -0.15) is 0 Å². The Hall–Kier alpha value is -3.34. The molecular weight excluding hydrogens is 316 g/mol. The van der Waals surface area contributed by atoms with Crippen LogP contribution in [0.5, 0.6) is 5.88 Å². The highest BCUT2D eigenvalue weighted by atomic mass is 16.5. The van der Waals surface area contributed by atoms with Gasteiger partial charge in [0.25, 0.3) is 0 Å². The molecule has 2 aromatic carbocycles. The predicted octanol–water partition coefficient (Wildman–Crippen LogP) is 4.27. The van der Waals surface area contributed by atoms with Crippen molar-refractivity contribution in [2.75, 3.05) is 6.61 Å². The van der Waals surface area contributed by atoms with E-state index in [0.29, 0.717) is 28.9 Å². The molecule has 0 aliphatic heterocycles. The van der Waals surface area contributed by atoms with Gasteiger partial charge in [0.2, 0.25) is 0 Å². The summed E-state index contributed by atoms with van der Waals surface area (Å²) in [6, 6.07) is 16.7. The topological polar surface area (TPSA) is 75.2 Å². The number of para-hydroxylation sites is 1. The quantitative estimate of drug-likeness (QED) is 0.550. The third kappa shape index (κ3) is 2.59. The first kappa shape index (κ1) is 15.2. The standard InChI is InChI=1S/C20H16N2O3/c1-2-25-20(24)13-8-7-12-9-10-16(21-17(12)11-13)18-14-5-3-4-6-15(14)22-19(18)23/h3-11,22-23H,2H2,1H3. The molecule has 0 saturated heterocycles. The molecule has 2 aromatic heterocycles. The van der Waals surface area contributed by atoms with Crippen molar-refractivity contribution in [3.8, 4) is 17.1 Å². The molecule has 5 nitrogen and oxygen atoms in total. The molecule has 4 rings (SSSR count). The van der Waals surface area contributed by atoms with E-state index in [1.807, 2.05) is 42.5 Å². The number of aromatic amines is 1. The van der Waals surface area contributed by atoms with Gasteiger partial charge >= 0.3 is 5.97 Å². The Balaban J connectivity index is 1.87. The maximum atomic E-state index is 11.9. The molecule has 0 atom stereocenters. The zero-order valence-electron chi connectivity index (χ0n) is 13.6. The van der Waals surface area contributed by atoms with Gasteiger partial charge in [0.15, 0.2) is 5.88 Å². The number of nitrogens with one attached hydrogen (secondary N) is 1. The van der Waals surface area contributed by atoms with Crippen LogP contribution in [0.1, 0.15) is 17.3 Å².